The number of aryl methyl sites for hydroxylation is 1. The van der Waals surface area contributed by atoms with Gasteiger partial charge in [-0.05, 0) is 48.0 Å². The second-order valence-electron chi connectivity index (χ2n) is 8.10. The van der Waals surface area contributed by atoms with Crippen molar-refractivity contribution in [1.29, 1.82) is 0 Å². The Morgan fingerprint density at radius 1 is 1.03 bits per heavy atom. The van der Waals surface area contributed by atoms with Crippen LogP contribution in [0.4, 0.5) is 13.2 Å². The molecule has 4 heterocycles. The van der Waals surface area contributed by atoms with Crippen LogP contribution < -0.4 is 4.74 Å². The number of imidazole rings is 1. The monoisotopic (exact) mass is 478 g/mol. The number of hydrogen-bond donors (Lipinski definition) is 0. The number of aromatic nitrogens is 5. The van der Waals surface area contributed by atoms with Crippen LogP contribution in [0.2, 0.25) is 0 Å². The predicted molar refractivity (Wildman–Crippen MR) is 121 cm³/mol. The van der Waals surface area contributed by atoms with E-state index in [1.165, 1.54) is 12.1 Å². The van der Waals surface area contributed by atoms with Crippen molar-refractivity contribution in [1.82, 2.24) is 24.1 Å². The van der Waals surface area contributed by atoms with E-state index in [1.807, 2.05) is 34.4 Å². The minimum Gasteiger partial charge on any atom is -0.406 e. The fourth-order valence-electron chi connectivity index (χ4n) is 4.24. The van der Waals surface area contributed by atoms with E-state index in [0.717, 1.165) is 34.1 Å². The summed E-state index contributed by atoms with van der Waals surface area (Å²) in [7, 11) is 1.87. The molecule has 0 saturated heterocycles. The van der Waals surface area contributed by atoms with Gasteiger partial charge in [0.15, 0.2) is 11.8 Å². The highest BCUT2D eigenvalue weighted by molar-refractivity contribution is 6.06. The molecule has 2 aromatic carbocycles. The van der Waals surface area contributed by atoms with Gasteiger partial charge in [0.1, 0.15) is 0 Å². The summed E-state index contributed by atoms with van der Waals surface area (Å²) in [5.41, 5.74) is 3.08. The molecule has 176 valence electrons. The van der Waals surface area contributed by atoms with Crippen LogP contribution in [0.1, 0.15) is 23.7 Å². The Kier molecular flexibility index (Phi) is 4.73. The molecule has 11 heteroatoms. The lowest BCUT2D eigenvalue weighted by Gasteiger charge is -2.11. The van der Waals surface area contributed by atoms with Gasteiger partial charge in [-0.2, -0.15) is 13.2 Å². The molecule has 3 aromatic heterocycles. The Balaban J connectivity index is 1.36. The smallest absolute Gasteiger partial charge is 0.406 e. The van der Waals surface area contributed by atoms with Gasteiger partial charge in [-0.15, -0.1) is 0 Å². The first kappa shape index (κ1) is 21.1. The zero-order valence-electron chi connectivity index (χ0n) is 18.3. The second-order valence-corrected chi connectivity index (χ2v) is 8.10. The van der Waals surface area contributed by atoms with Crippen LogP contribution in [0.25, 0.3) is 27.8 Å². The highest BCUT2D eigenvalue weighted by Gasteiger charge is 2.30. The van der Waals surface area contributed by atoms with Gasteiger partial charge in [0.25, 0.3) is 0 Å². The van der Waals surface area contributed by atoms with Gasteiger partial charge in [0, 0.05) is 30.5 Å². The summed E-state index contributed by atoms with van der Waals surface area (Å²) >= 11 is 0. The molecule has 1 atom stereocenters. The Bertz CT molecular complexity index is 1570. The number of fused-ring (bicyclic) bond motifs is 3. The third-order valence-electron chi connectivity index (χ3n) is 5.86. The standard InChI is InChI=1S/C24H17F3N6O2/c1-32-13-30-22-21(32)17-11-14(19-12-20(31-35-19)34-23-28-9-2-10-29-23)3-8-18(17)33(22)16-6-4-15(5-7-16)24(25,26)27/h2-11,13,19H,12H2,1H3. The minimum absolute atomic E-state index is 0.191. The molecule has 0 spiro atoms. The lowest BCUT2D eigenvalue weighted by molar-refractivity contribution is -0.137. The fourth-order valence-corrected chi connectivity index (χ4v) is 4.24. The highest BCUT2D eigenvalue weighted by atomic mass is 19.4. The molecule has 1 unspecified atom stereocenters. The molecule has 0 N–H and O–H groups in total. The molecule has 0 fully saturated rings. The molecule has 5 aromatic rings. The molecule has 0 amide bonds. The van der Waals surface area contributed by atoms with Crippen LogP contribution >= 0.6 is 0 Å². The fraction of sp³-hybridized carbons (Fsp3) is 0.167. The maximum absolute atomic E-state index is 13.1. The van der Waals surface area contributed by atoms with E-state index in [1.54, 1.807) is 24.8 Å². The SMILES string of the molecule is Cn1cnc2c1c1cc(C3CC(Oc4ncccn4)=NO3)ccc1n2-c1ccc(C(F)(F)F)cc1. The summed E-state index contributed by atoms with van der Waals surface area (Å²) in [6.45, 7) is 0. The summed E-state index contributed by atoms with van der Waals surface area (Å²) in [5.74, 6) is 0.370. The first-order valence-electron chi connectivity index (χ1n) is 10.7. The molecule has 0 bridgehead atoms. The third-order valence-corrected chi connectivity index (χ3v) is 5.86. The van der Waals surface area contributed by atoms with Crippen molar-refractivity contribution in [3.63, 3.8) is 0 Å². The molecule has 0 saturated carbocycles. The molecule has 0 aliphatic carbocycles. The van der Waals surface area contributed by atoms with Crippen molar-refractivity contribution in [2.45, 2.75) is 18.7 Å². The van der Waals surface area contributed by atoms with Crippen molar-refractivity contribution >= 4 is 28.0 Å². The summed E-state index contributed by atoms with van der Waals surface area (Å²) in [4.78, 5) is 18.2. The van der Waals surface area contributed by atoms with E-state index in [-0.39, 0.29) is 12.1 Å². The number of rotatable bonds is 3. The average Bonchev–Trinajstić information content (AvgIpc) is 3.55. The van der Waals surface area contributed by atoms with Crippen molar-refractivity contribution in [3.8, 4) is 11.7 Å². The van der Waals surface area contributed by atoms with Crippen LogP contribution in [-0.2, 0) is 18.1 Å². The van der Waals surface area contributed by atoms with E-state index in [9.17, 15) is 13.2 Å². The van der Waals surface area contributed by atoms with Gasteiger partial charge >= 0.3 is 12.2 Å². The second kappa shape index (κ2) is 7.83. The molecular formula is C24H17F3N6O2. The van der Waals surface area contributed by atoms with Gasteiger partial charge in [0.05, 0.1) is 29.3 Å². The number of oxime groups is 1. The lowest BCUT2D eigenvalue weighted by atomic mass is 10.0. The van der Waals surface area contributed by atoms with Crippen LogP contribution in [0.15, 0.2) is 72.4 Å². The van der Waals surface area contributed by atoms with Crippen LogP contribution in [0, 0.1) is 0 Å². The number of ether oxygens (including phenoxy) is 1. The van der Waals surface area contributed by atoms with Gasteiger partial charge in [0.2, 0.25) is 5.90 Å². The summed E-state index contributed by atoms with van der Waals surface area (Å²) in [6.07, 6.45) is 0.465. The van der Waals surface area contributed by atoms with Crippen molar-refractivity contribution < 1.29 is 22.7 Å². The molecular weight excluding hydrogens is 461 g/mol. The molecule has 0 radical (unpaired) electrons. The van der Waals surface area contributed by atoms with E-state index in [0.29, 0.717) is 23.7 Å². The maximum Gasteiger partial charge on any atom is 0.416 e. The van der Waals surface area contributed by atoms with Crippen molar-refractivity contribution in [3.05, 3.63) is 78.4 Å². The number of alkyl halides is 3. The molecule has 35 heavy (non-hydrogen) atoms. The Hall–Kier alpha value is -4.41. The Labute approximate surface area is 196 Å². The van der Waals surface area contributed by atoms with E-state index < -0.39 is 11.7 Å². The molecule has 1 aliphatic rings. The number of nitrogens with zero attached hydrogens (tertiary/aromatic N) is 6. The Morgan fingerprint density at radius 2 is 1.80 bits per heavy atom. The van der Waals surface area contributed by atoms with Gasteiger partial charge in [-0.3, -0.25) is 4.57 Å². The first-order valence-corrected chi connectivity index (χ1v) is 10.7. The predicted octanol–water partition coefficient (Wildman–Crippen LogP) is 5.18. The number of benzene rings is 2. The van der Waals surface area contributed by atoms with Crippen LogP contribution in [0.5, 0.6) is 6.01 Å². The Morgan fingerprint density at radius 3 is 2.54 bits per heavy atom. The topological polar surface area (TPSA) is 79.3 Å². The van der Waals surface area contributed by atoms with Gasteiger partial charge in [-0.1, -0.05) is 11.2 Å². The van der Waals surface area contributed by atoms with E-state index in [4.69, 9.17) is 9.57 Å². The zero-order valence-corrected chi connectivity index (χ0v) is 18.3. The largest absolute Gasteiger partial charge is 0.416 e. The zero-order chi connectivity index (χ0) is 24.2. The summed E-state index contributed by atoms with van der Waals surface area (Å²) < 4.78 is 48.5. The minimum atomic E-state index is -4.40. The third kappa shape index (κ3) is 3.65. The van der Waals surface area contributed by atoms with Crippen molar-refractivity contribution in [2.24, 2.45) is 12.2 Å². The average molecular weight is 478 g/mol. The molecule has 6 rings (SSSR count). The normalized spacial score (nSPS) is 16.0. The van der Waals surface area contributed by atoms with Gasteiger partial charge < -0.3 is 14.1 Å². The van der Waals surface area contributed by atoms with E-state index >= 15 is 0 Å². The van der Waals surface area contributed by atoms with E-state index in [2.05, 4.69) is 20.1 Å². The summed E-state index contributed by atoms with van der Waals surface area (Å²) in [6, 6.07) is 12.7. The quantitative estimate of drug-likeness (QED) is 0.357. The first-order chi connectivity index (χ1) is 16.9. The van der Waals surface area contributed by atoms with Gasteiger partial charge in [-0.25, -0.2) is 15.0 Å². The van der Waals surface area contributed by atoms with Crippen LogP contribution in [0.3, 0.4) is 0 Å². The van der Waals surface area contributed by atoms with Crippen molar-refractivity contribution in [2.75, 3.05) is 0 Å². The number of hydrogen-bond acceptors (Lipinski definition) is 6. The lowest BCUT2D eigenvalue weighted by Crippen LogP contribution is -2.09. The molecule has 8 nitrogen and oxygen atoms in total. The number of halogens is 3. The maximum atomic E-state index is 13.1. The highest BCUT2D eigenvalue weighted by Crippen LogP contribution is 2.36. The summed E-state index contributed by atoms with van der Waals surface area (Å²) in [5, 5.41) is 4.91. The molecule has 1 aliphatic heterocycles. The van der Waals surface area contributed by atoms with Crippen LogP contribution in [-0.4, -0.2) is 30.0 Å².